The first-order chi connectivity index (χ1) is 27.2. The molecule has 0 atom stereocenters. The Bertz CT molecular complexity index is 1470. The summed E-state index contributed by atoms with van der Waals surface area (Å²) in [5, 5.41) is 3.66. The van der Waals surface area contributed by atoms with Gasteiger partial charge >= 0.3 is 15.6 Å². The van der Waals surface area contributed by atoms with Crippen LogP contribution >= 0.6 is 0 Å². The van der Waals surface area contributed by atoms with Gasteiger partial charge in [-0.1, -0.05) is 266 Å². The molecule has 0 radical (unpaired) electrons. The SMILES string of the molecule is CC(C)(C)[SiH2]C(C)(C)C.CC(C)(C)[SiH](C1CCCCC1)C(C)(C)C.CC(C)(C)[SiH](c1ccccc1)C(C)(C)C.CC(C)(C)[Si](OS(=O)(=O)C(F)(F)F)(C1CCCCC1)C(C)(C)C. The summed E-state index contributed by atoms with van der Waals surface area (Å²) >= 11 is 0. The van der Waals surface area contributed by atoms with Crippen molar-refractivity contribution in [2.45, 2.75) is 287 Å². The standard InChI is InChI=1S/C15H29F3O3SSi.C14H30Si.C14H24Si.C8H20Si/c1-13(2,3)23(14(4,5)6,12-10-8-7-9-11-12)21-22(19,20)15(16,17)18;2*1-13(2,3)15(14(4,5)6)12-10-8-7-9-11-12;1-7(2,3)9-8(4,5)6/h12H,7-11H2,1-6H3;12,15H,7-11H2,1-6H3;7-11,15H,1-6H3;9H2,1-6H3. The Morgan fingerprint density at radius 1 is 0.532 bits per heavy atom. The minimum atomic E-state index is -5.61. The summed E-state index contributed by atoms with van der Waals surface area (Å²) in [4.78, 5) is 0. The van der Waals surface area contributed by atoms with Crippen LogP contribution < -0.4 is 5.19 Å². The van der Waals surface area contributed by atoms with Crippen molar-refractivity contribution in [3.63, 3.8) is 0 Å². The average Bonchev–Trinajstić information content (AvgIpc) is 3.00. The van der Waals surface area contributed by atoms with Crippen molar-refractivity contribution in [1.82, 2.24) is 0 Å². The maximum atomic E-state index is 13.0. The quantitative estimate of drug-likeness (QED) is 0.218. The molecular weight excluding hydrogens is 862 g/mol. The zero-order valence-electron chi connectivity index (χ0n) is 45.2. The molecule has 2 fully saturated rings. The van der Waals surface area contributed by atoms with E-state index in [4.69, 9.17) is 3.87 Å². The molecule has 3 rings (SSSR count). The van der Waals surface area contributed by atoms with Gasteiger partial charge in [-0.3, -0.25) is 0 Å². The highest BCUT2D eigenvalue weighted by Crippen LogP contribution is 2.62. The third kappa shape index (κ3) is 20.3. The van der Waals surface area contributed by atoms with E-state index in [9.17, 15) is 21.6 Å². The lowest BCUT2D eigenvalue weighted by Gasteiger charge is -2.54. The molecule has 0 unspecified atom stereocenters. The van der Waals surface area contributed by atoms with Crippen LogP contribution in [0.2, 0.25) is 51.4 Å². The van der Waals surface area contributed by atoms with E-state index in [1.807, 2.05) is 41.5 Å². The lowest BCUT2D eigenvalue weighted by molar-refractivity contribution is -0.0508. The van der Waals surface area contributed by atoms with E-state index in [0.717, 1.165) is 37.6 Å². The van der Waals surface area contributed by atoms with Crippen molar-refractivity contribution in [2.75, 3.05) is 0 Å². The minimum absolute atomic E-state index is 0.0880. The Kier molecular flexibility index (Phi) is 22.6. The van der Waals surface area contributed by atoms with E-state index in [-0.39, 0.29) is 15.1 Å². The molecule has 2 aliphatic carbocycles. The molecule has 1 aromatic rings. The number of alkyl halides is 3. The zero-order chi connectivity index (χ0) is 49.4. The van der Waals surface area contributed by atoms with Crippen LogP contribution in [0.4, 0.5) is 13.2 Å². The van der Waals surface area contributed by atoms with Crippen molar-refractivity contribution >= 4 is 50.7 Å². The fourth-order valence-electron chi connectivity index (χ4n) is 13.1. The zero-order valence-corrected chi connectivity index (χ0v) is 50.8. The van der Waals surface area contributed by atoms with E-state index in [2.05, 4.69) is 155 Å². The molecule has 1 aromatic carbocycles. The number of rotatable bonds is 5. The van der Waals surface area contributed by atoms with Crippen molar-refractivity contribution in [3.8, 4) is 0 Å². The second-order valence-corrected chi connectivity index (χ2v) is 50.3. The number of hydrogen-bond donors (Lipinski definition) is 0. The maximum Gasteiger partial charge on any atom is 0.522 e. The van der Waals surface area contributed by atoms with Gasteiger partial charge in [0.25, 0.3) is 0 Å². The predicted molar refractivity (Wildman–Crippen MR) is 282 cm³/mol. The lowest BCUT2D eigenvalue weighted by Crippen LogP contribution is -2.60. The van der Waals surface area contributed by atoms with Crippen molar-refractivity contribution in [3.05, 3.63) is 30.3 Å². The fourth-order valence-corrected chi connectivity index (χ4v) is 38.3. The first-order valence-electron chi connectivity index (χ1n) is 24.3. The van der Waals surface area contributed by atoms with E-state index >= 15 is 0 Å². The smallest absolute Gasteiger partial charge is 0.306 e. The normalized spacial score (nSPS) is 17.7. The number of halogens is 3. The van der Waals surface area contributed by atoms with Gasteiger partial charge in [-0.2, -0.15) is 21.6 Å². The minimum Gasteiger partial charge on any atom is -0.306 e. The monoisotopic (exact) mass is 965 g/mol. The first-order valence-corrected chi connectivity index (χ1v) is 32.7. The molecule has 2 aliphatic rings. The summed E-state index contributed by atoms with van der Waals surface area (Å²) < 4.78 is 68.1. The molecule has 0 aromatic heterocycles. The Morgan fingerprint density at radius 3 is 1.13 bits per heavy atom. The third-order valence-corrected chi connectivity index (χ3v) is 33.5. The van der Waals surface area contributed by atoms with Gasteiger partial charge in [0.05, 0.1) is 17.6 Å². The lowest BCUT2D eigenvalue weighted by atomic mass is 10.00. The van der Waals surface area contributed by atoms with Gasteiger partial charge < -0.3 is 3.87 Å². The van der Waals surface area contributed by atoms with Gasteiger partial charge in [-0.05, 0) is 51.4 Å². The van der Waals surface area contributed by atoms with Crippen LogP contribution in [-0.4, -0.2) is 49.4 Å². The van der Waals surface area contributed by atoms with E-state index < -0.39 is 51.6 Å². The van der Waals surface area contributed by atoms with Crippen LogP contribution in [0.25, 0.3) is 0 Å². The fraction of sp³-hybridized carbons (Fsp3) is 0.882. The Labute approximate surface area is 391 Å². The summed E-state index contributed by atoms with van der Waals surface area (Å²) in [6, 6.07) is 11.1. The van der Waals surface area contributed by atoms with Gasteiger partial charge in [0.15, 0.2) is 0 Å². The van der Waals surface area contributed by atoms with Gasteiger partial charge in [0, 0.05) is 9.52 Å². The van der Waals surface area contributed by atoms with Crippen molar-refractivity contribution in [2.24, 2.45) is 0 Å². The molecule has 0 bridgehead atoms. The van der Waals surface area contributed by atoms with Crippen LogP contribution in [0, 0.1) is 0 Å². The molecule has 0 aliphatic heterocycles. The molecule has 0 spiro atoms. The summed E-state index contributed by atoms with van der Waals surface area (Å²) in [6.07, 6.45) is 11.9. The summed E-state index contributed by atoms with van der Waals surface area (Å²) in [6.45, 7) is 54.3. The maximum absolute atomic E-state index is 13.0. The molecular formula is C51H103F3O3SSi4. The van der Waals surface area contributed by atoms with Crippen molar-refractivity contribution in [1.29, 1.82) is 0 Å². The van der Waals surface area contributed by atoms with Gasteiger partial charge in [-0.25, -0.2) is 0 Å². The molecule has 368 valence electrons. The van der Waals surface area contributed by atoms with Crippen LogP contribution in [0.1, 0.15) is 230 Å². The molecule has 0 N–H and O–H groups in total. The predicted octanol–water partition coefficient (Wildman–Crippen LogP) is 17.2. The second kappa shape index (κ2) is 22.7. The van der Waals surface area contributed by atoms with Crippen LogP contribution in [0.3, 0.4) is 0 Å². The summed E-state index contributed by atoms with van der Waals surface area (Å²) in [5.41, 5.74) is -4.36. The summed E-state index contributed by atoms with van der Waals surface area (Å²) in [5.74, 6) is 0. The Hall–Kier alpha value is -0.212. The highest BCUT2D eigenvalue weighted by Gasteiger charge is 2.65. The Balaban J connectivity index is 0.000000841. The summed E-state index contributed by atoms with van der Waals surface area (Å²) in [7, 11) is -10.5. The second-order valence-electron chi connectivity index (χ2n) is 28.0. The molecule has 62 heavy (non-hydrogen) atoms. The topological polar surface area (TPSA) is 43.4 Å². The van der Waals surface area contributed by atoms with Crippen LogP contribution in [0.5, 0.6) is 0 Å². The molecule has 0 saturated heterocycles. The number of benzene rings is 1. The van der Waals surface area contributed by atoms with E-state index in [1.54, 1.807) is 5.19 Å². The molecule has 11 heteroatoms. The van der Waals surface area contributed by atoms with E-state index in [0.29, 0.717) is 30.2 Å². The molecule has 2 saturated carbocycles. The largest absolute Gasteiger partial charge is 0.522 e. The molecule has 0 amide bonds. The molecule has 0 heterocycles. The third-order valence-electron chi connectivity index (χ3n) is 12.8. The van der Waals surface area contributed by atoms with Crippen LogP contribution in [-0.2, 0) is 14.0 Å². The average molecular weight is 966 g/mol. The highest BCUT2D eigenvalue weighted by atomic mass is 32.2. The molecule has 3 nitrogen and oxygen atoms in total. The van der Waals surface area contributed by atoms with Crippen molar-refractivity contribution < 1.29 is 25.5 Å². The Morgan fingerprint density at radius 2 is 0.871 bits per heavy atom. The van der Waals surface area contributed by atoms with Gasteiger partial charge in [0.1, 0.15) is 0 Å². The number of hydrogen-bond acceptors (Lipinski definition) is 3. The van der Waals surface area contributed by atoms with Crippen LogP contribution in [0.15, 0.2) is 30.3 Å². The first kappa shape index (κ1) is 61.8. The highest BCUT2D eigenvalue weighted by molar-refractivity contribution is 7.88. The van der Waals surface area contributed by atoms with Gasteiger partial charge in [0.2, 0.25) is 8.32 Å². The van der Waals surface area contributed by atoms with E-state index in [1.165, 1.54) is 32.1 Å². The van der Waals surface area contributed by atoms with Gasteiger partial charge in [-0.15, -0.1) is 0 Å².